The molecule has 1 fully saturated rings. The van der Waals surface area contributed by atoms with Crippen molar-refractivity contribution in [2.24, 2.45) is 5.92 Å². The van der Waals surface area contributed by atoms with E-state index in [2.05, 4.69) is 40.7 Å². The van der Waals surface area contributed by atoms with Crippen LogP contribution in [-0.2, 0) is 6.54 Å². The van der Waals surface area contributed by atoms with Gasteiger partial charge < -0.3 is 4.90 Å². The molecular weight excluding hydrogens is 248 g/mol. The van der Waals surface area contributed by atoms with Gasteiger partial charge in [-0.1, -0.05) is 13.8 Å². The highest BCUT2D eigenvalue weighted by atomic mass is 15.2. The van der Waals surface area contributed by atoms with Crippen molar-refractivity contribution in [3.05, 3.63) is 23.8 Å². The van der Waals surface area contributed by atoms with E-state index < -0.39 is 0 Å². The van der Waals surface area contributed by atoms with Crippen LogP contribution in [0.25, 0.3) is 0 Å². The first-order valence-corrected chi connectivity index (χ1v) is 7.74. The zero-order chi connectivity index (χ0) is 14.5. The third-order valence-corrected chi connectivity index (χ3v) is 4.07. The van der Waals surface area contributed by atoms with Crippen LogP contribution < -0.4 is 0 Å². The first kappa shape index (κ1) is 15.4. The molecule has 0 bridgehead atoms. The van der Waals surface area contributed by atoms with Gasteiger partial charge in [0.1, 0.15) is 5.82 Å². The Morgan fingerprint density at radius 1 is 1.25 bits per heavy atom. The minimum atomic E-state index is 0.753. The maximum atomic E-state index is 4.27. The predicted molar refractivity (Wildman–Crippen MR) is 82.5 cm³/mol. The summed E-state index contributed by atoms with van der Waals surface area (Å²) in [6.45, 7) is 11.1. The van der Waals surface area contributed by atoms with Crippen molar-refractivity contribution in [3.63, 3.8) is 0 Å². The number of hydrogen-bond acceptors (Lipinski definition) is 4. The van der Waals surface area contributed by atoms with Crippen molar-refractivity contribution in [1.82, 2.24) is 19.8 Å². The summed E-state index contributed by atoms with van der Waals surface area (Å²) in [6, 6.07) is 0.753. The summed E-state index contributed by atoms with van der Waals surface area (Å²) in [5.74, 6) is 1.60. The summed E-state index contributed by atoms with van der Waals surface area (Å²) in [7, 11) is 2.27. The molecule has 2 rings (SSSR count). The van der Waals surface area contributed by atoms with Gasteiger partial charge in [0.05, 0.1) is 0 Å². The zero-order valence-corrected chi connectivity index (χ0v) is 13.3. The minimum absolute atomic E-state index is 0.753. The van der Waals surface area contributed by atoms with Gasteiger partial charge in [-0.2, -0.15) is 0 Å². The molecule has 0 radical (unpaired) electrons. The predicted octanol–water partition coefficient (Wildman–Crippen LogP) is 2.34. The molecule has 20 heavy (non-hydrogen) atoms. The van der Waals surface area contributed by atoms with E-state index >= 15 is 0 Å². The fourth-order valence-electron chi connectivity index (χ4n) is 3.00. The van der Waals surface area contributed by atoms with Gasteiger partial charge in [0.15, 0.2) is 0 Å². The molecule has 0 amide bonds. The molecule has 0 aromatic carbocycles. The van der Waals surface area contributed by atoms with E-state index in [1.807, 2.05) is 19.3 Å². The van der Waals surface area contributed by atoms with Gasteiger partial charge in [-0.05, 0) is 45.8 Å². The van der Waals surface area contributed by atoms with Crippen molar-refractivity contribution in [1.29, 1.82) is 0 Å². The lowest BCUT2D eigenvalue weighted by Gasteiger charge is -2.37. The van der Waals surface area contributed by atoms with Crippen molar-refractivity contribution < 1.29 is 0 Å². The topological polar surface area (TPSA) is 32.3 Å². The number of nitrogens with zero attached hydrogens (tertiary/aromatic N) is 4. The zero-order valence-electron chi connectivity index (χ0n) is 13.3. The number of aryl methyl sites for hydroxylation is 1. The van der Waals surface area contributed by atoms with Gasteiger partial charge in [0.25, 0.3) is 0 Å². The highest BCUT2D eigenvalue weighted by Gasteiger charge is 2.22. The van der Waals surface area contributed by atoms with Crippen LogP contribution in [0.3, 0.4) is 0 Å². The smallest absolute Gasteiger partial charge is 0.125 e. The standard InChI is InChI=1S/C16H28N4/c1-13(2)11-19(4)16-5-7-20(8-6-16)12-15-9-17-14(3)18-10-15/h9-10,13,16H,5-8,11-12H2,1-4H3. The van der Waals surface area contributed by atoms with Crippen molar-refractivity contribution >= 4 is 0 Å². The van der Waals surface area contributed by atoms with E-state index in [0.717, 1.165) is 24.3 Å². The number of piperidine rings is 1. The summed E-state index contributed by atoms with van der Waals surface area (Å²) in [5, 5.41) is 0. The van der Waals surface area contributed by atoms with E-state index in [1.54, 1.807) is 0 Å². The quantitative estimate of drug-likeness (QED) is 0.826. The van der Waals surface area contributed by atoms with E-state index in [9.17, 15) is 0 Å². The third kappa shape index (κ3) is 4.53. The largest absolute Gasteiger partial charge is 0.303 e. The first-order chi connectivity index (χ1) is 9.54. The summed E-state index contributed by atoms with van der Waals surface area (Å²) in [5.41, 5.74) is 1.23. The Morgan fingerprint density at radius 2 is 1.85 bits per heavy atom. The van der Waals surface area contributed by atoms with Crippen LogP contribution in [0.5, 0.6) is 0 Å². The van der Waals surface area contributed by atoms with Crippen LogP contribution in [0.2, 0.25) is 0 Å². The molecule has 0 aliphatic carbocycles. The monoisotopic (exact) mass is 276 g/mol. The minimum Gasteiger partial charge on any atom is -0.303 e. The second kappa shape index (κ2) is 7.14. The number of hydrogen-bond donors (Lipinski definition) is 0. The molecule has 1 aliphatic rings. The molecular formula is C16H28N4. The van der Waals surface area contributed by atoms with E-state index in [0.29, 0.717) is 0 Å². The van der Waals surface area contributed by atoms with Crippen LogP contribution >= 0.6 is 0 Å². The van der Waals surface area contributed by atoms with Gasteiger partial charge in [-0.15, -0.1) is 0 Å². The van der Waals surface area contributed by atoms with Crippen LogP contribution in [0.15, 0.2) is 12.4 Å². The van der Waals surface area contributed by atoms with Crippen LogP contribution in [0.4, 0.5) is 0 Å². The maximum absolute atomic E-state index is 4.27. The average molecular weight is 276 g/mol. The van der Waals surface area contributed by atoms with Crippen LogP contribution in [-0.4, -0.2) is 52.5 Å². The molecule has 1 aromatic rings. The second-order valence-corrected chi connectivity index (χ2v) is 6.48. The number of rotatable bonds is 5. The van der Waals surface area contributed by atoms with Crippen LogP contribution in [0, 0.1) is 12.8 Å². The lowest BCUT2D eigenvalue weighted by molar-refractivity contribution is 0.115. The highest BCUT2D eigenvalue weighted by molar-refractivity contribution is 5.04. The Labute approximate surface area is 123 Å². The molecule has 0 N–H and O–H groups in total. The molecule has 112 valence electrons. The van der Waals surface area contributed by atoms with E-state index in [1.165, 1.54) is 38.0 Å². The van der Waals surface area contributed by atoms with E-state index in [4.69, 9.17) is 0 Å². The van der Waals surface area contributed by atoms with Crippen molar-refractivity contribution in [3.8, 4) is 0 Å². The molecule has 0 atom stereocenters. The van der Waals surface area contributed by atoms with E-state index in [-0.39, 0.29) is 0 Å². The third-order valence-electron chi connectivity index (χ3n) is 4.07. The summed E-state index contributed by atoms with van der Waals surface area (Å²) in [4.78, 5) is 13.6. The molecule has 0 saturated carbocycles. The van der Waals surface area contributed by atoms with Crippen molar-refractivity contribution in [2.75, 3.05) is 26.7 Å². The SMILES string of the molecule is Cc1ncc(CN2CCC(N(C)CC(C)C)CC2)cn1. The lowest BCUT2D eigenvalue weighted by Crippen LogP contribution is -2.44. The van der Waals surface area contributed by atoms with Gasteiger partial charge >= 0.3 is 0 Å². The Hall–Kier alpha value is -1.00. The Bertz CT molecular complexity index is 393. The Kier molecular flexibility index (Phi) is 5.49. The molecule has 0 spiro atoms. The molecule has 1 saturated heterocycles. The average Bonchev–Trinajstić information content (AvgIpc) is 2.41. The Morgan fingerprint density at radius 3 is 2.40 bits per heavy atom. The van der Waals surface area contributed by atoms with Gasteiger partial charge in [-0.3, -0.25) is 4.90 Å². The van der Waals surface area contributed by atoms with Gasteiger partial charge in [0, 0.05) is 37.1 Å². The second-order valence-electron chi connectivity index (χ2n) is 6.48. The maximum Gasteiger partial charge on any atom is 0.125 e. The molecule has 4 heteroatoms. The number of likely N-dealkylation sites (tertiary alicyclic amines) is 1. The summed E-state index contributed by atoms with van der Waals surface area (Å²) in [6.07, 6.45) is 6.46. The molecule has 4 nitrogen and oxygen atoms in total. The van der Waals surface area contributed by atoms with Gasteiger partial charge in [0.2, 0.25) is 0 Å². The molecule has 0 unspecified atom stereocenters. The molecule has 1 aromatic heterocycles. The Balaban J connectivity index is 1.78. The fourth-order valence-corrected chi connectivity index (χ4v) is 3.00. The van der Waals surface area contributed by atoms with Gasteiger partial charge in [-0.25, -0.2) is 9.97 Å². The normalized spacial score (nSPS) is 18.1. The lowest BCUT2D eigenvalue weighted by atomic mass is 10.0. The fraction of sp³-hybridized carbons (Fsp3) is 0.750. The van der Waals surface area contributed by atoms with Crippen LogP contribution in [0.1, 0.15) is 38.1 Å². The highest BCUT2D eigenvalue weighted by Crippen LogP contribution is 2.18. The number of aromatic nitrogens is 2. The summed E-state index contributed by atoms with van der Waals surface area (Å²) >= 11 is 0. The molecule has 2 heterocycles. The van der Waals surface area contributed by atoms with Crippen molar-refractivity contribution in [2.45, 2.75) is 46.2 Å². The first-order valence-electron chi connectivity index (χ1n) is 7.74. The summed E-state index contributed by atoms with van der Waals surface area (Å²) < 4.78 is 0. The molecule has 1 aliphatic heterocycles.